The Balaban J connectivity index is 1.91. The molecule has 8 heteroatoms. The highest BCUT2D eigenvalue weighted by atomic mass is 16.6. The second-order valence-electron chi connectivity index (χ2n) is 7.80. The average molecular weight is 428 g/mol. The summed E-state index contributed by atoms with van der Waals surface area (Å²) in [5.41, 5.74) is -0.799. The normalized spacial score (nSPS) is 21.1. The zero-order valence-electron chi connectivity index (χ0n) is 17.7. The first-order chi connectivity index (χ1) is 14.7. The molecule has 0 aromatic heterocycles. The molecule has 2 heterocycles. The lowest BCUT2D eigenvalue weighted by molar-refractivity contribution is -0.0806. The molecule has 0 amide bonds. The van der Waals surface area contributed by atoms with Crippen molar-refractivity contribution in [3.63, 3.8) is 0 Å². The van der Waals surface area contributed by atoms with Crippen molar-refractivity contribution in [3.8, 4) is 34.5 Å². The zero-order valence-corrected chi connectivity index (χ0v) is 17.7. The van der Waals surface area contributed by atoms with Gasteiger partial charge in [0, 0.05) is 23.3 Å². The fourth-order valence-electron chi connectivity index (χ4n) is 3.98. The van der Waals surface area contributed by atoms with Gasteiger partial charge in [0.1, 0.15) is 35.2 Å². The largest absolute Gasteiger partial charge is 0.507 e. The number of benzene rings is 2. The van der Waals surface area contributed by atoms with E-state index >= 15 is 0 Å². The number of ketones is 1. The molecule has 2 aromatic carbocycles. The third-order valence-electron chi connectivity index (χ3n) is 5.64. The van der Waals surface area contributed by atoms with Crippen LogP contribution >= 0.6 is 0 Å². The number of carbonyl (C=O) groups excluding carboxylic acids is 1. The Hall–Kier alpha value is -3.39. The monoisotopic (exact) mass is 428 g/mol. The van der Waals surface area contributed by atoms with Gasteiger partial charge in [-0.2, -0.15) is 0 Å². The molecule has 4 rings (SSSR count). The molecule has 2 atom stereocenters. The molecule has 0 radical (unpaired) electrons. The van der Waals surface area contributed by atoms with Crippen molar-refractivity contribution in [2.75, 3.05) is 20.8 Å². The highest BCUT2D eigenvalue weighted by Crippen LogP contribution is 2.52. The Kier molecular flexibility index (Phi) is 4.97. The third-order valence-corrected chi connectivity index (χ3v) is 5.64. The smallest absolute Gasteiger partial charge is 0.210 e. The van der Waals surface area contributed by atoms with E-state index in [4.69, 9.17) is 18.9 Å². The number of hydrogen-bond donors (Lipinski definition) is 3. The summed E-state index contributed by atoms with van der Waals surface area (Å²) in [6.07, 6.45) is 1.06. The third kappa shape index (κ3) is 3.06. The van der Waals surface area contributed by atoms with E-state index in [0.717, 1.165) is 11.6 Å². The van der Waals surface area contributed by atoms with Crippen molar-refractivity contribution in [3.05, 3.63) is 46.5 Å². The van der Waals surface area contributed by atoms with Gasteiger partial charge in [0.2, 0.25) is 5.78 Å². The molecule has 0 fully saturated rings. The molecule has 8 nitrogen and oxygen atoms in total. The molecule has 2 aliphatic rings. The minimum absolute atomic E-state index is 0.0437. The summed E-state index contributed by atoms with van der Waals surface area (Å²) in [6, 6.07) is 4.09. The molecule has 0 aliphatic carbocycles. The van der Waals surface area contributed by atoms with E-state index in [9.17, 15) is 20.1 Å². The number of Topliss-reactive ketones (excluding diaryl/α,β-unsaturated/α-hetero) is 1. The summed E-state index contributed by atoms with van der Waals surface area (Å²) in [5, 5.41) is 32.5. The number of allylic oxidation sites excluding steroid dienone is 2. The molecule has 0 saturated carbocycles. The van der Waals surface area contributed by atoms with Crippen LogP contribution in [0.1, 0.15) is 35.3 Å². The van der Waals surface area contributed by atoms with Gasteiger partial charge in [-0.25, -0.2) is 0 Å². The second kappa shape index (κ2) is 7.39. The van der Waals surface area contributed by atoms with E-state index in [0.29, 0.717) is 17.1 Å². The van der Waals surface area contributed by atoms with E-state index in [1.165, 1.54) is 26.4 Å². The Labute approximate surface area is 179 Å². The maximum atomic E-state index is 13.6. The van der Waals surface area contributed by atoms with Crippen LogP contribution < -0.4 is 18.9 Å². The topological polar surface area (TPSA) is 115 Å². The number of methoxy groups -OCH3 is 2. The van der Waals surface area contributed by atoms with Gasteiger partial charge < -0.3 is 34.3 Å². The lowest BCUT2D eigenvalue weighted by atomic mass is 9.76. The molecule has 2 aliphatic heterocycles. The van der Waals surface area contributed by atoms with Crippen LogP contribution in [-0.4, -0.2) is 48.0 Å². The summed E-state index contributed by atoms with van der Waals surface area (Å²) in [4.78, 5) is 13.6. The highest BCUT2D eigenvalue weighted by Gasteiger charge is 2.57. The summed E-state index contributed by atoms with van der Waals surface area (Å²) in [6.45, 7) is 3.69. The molecule has 0 saturated heterocycles. The highest BCUT2D eigenvalue weighted by molar-refractivity contribution is 6.09. The van der Waals surface area contributed by atoms with E-state index in [1.807, 2.05) is 19.9 Å². The van der Waals surface area contributed by atoms with Crippen LogP contribution in [0.25, 0.3) is 0 Å². The molecule has 0 bridgehead atoms. The van der Waals surface area contributed by atoms with E-state index in [1.54, 1.807) is 0 Å². The first-order valence-electron chi connectivity index (χ1n) is 9.76. The number of phenolic OH excluding ortho intramolecular Hbond substituents is 2. The van der Waals surface area contributed by atoms with Gasteiger partial charge in [-0.15, -0.1) is 0 Å². The molecular weight excluding hydrogens is 404 g/mol. The Bertz CT molecular complexity index is 1100. The lowest BCUT2D eigenvalue weighted by Gasteiger charge is -2.43. The Morgan fingerprint density at radius 1 is 1.16 bits per heavy atom. The zero-order chi connectivity index (χ0) is 22.5. The molecule has 0 spiro atoms. The first kappa shape index (κ1) is 20.9. The van der Waals surface area contributed by atoms with Crippen molar-refractivity contribution in [1.82, 2.24) is 0 Å². The maximum Gasteiger partial charge on any atom is 0.210 e. The van der Waals surface area contributed by atoms with Gasteiger partial charge in [0.15, 0.2) is 23.2 Å². The predicted molar refractivity (Wildman–Crippen MR) is 111 cm³/mol. The van der Waals surface area contributed by atoms with Crippen molar-refractivity contribution in [2.24, 2.45) is 0 Å². The number of aliphatic hydroxyl groups is 1. The average Bonchev–Trinajstić information content (AvgIpc) is 2.73. The van der Waals surface area contributed by atoms with Crippen LogP contribution in [0.15, 0.2) is 29.8 Å². The second-order valence-corrected chi connectivity index (χ2v) is 7.80. The summed E-state index contributed by atoms with van der Waals surface area (Å²) in [7, 11) is 2.91. The molecular formula is C23H24O8. The fraction of sp³-hybridized carbons (Fsp3) is 0.348. The van der Waals surface area contributed by atoms with Crippen LogP contribution in [0, 0.1) is 0 Å². The first-order valence-corrected chi connectivity index (χ1v) is 9.76. The predicted octanol–water partition coefficient (Wildman–Crippen LogP) is 2.85. The lowest BCUT2D eigenvalue weighted by Crippen LogP contribution is -2.57. The summed E-state index contributed by atoms with van der Waals surface area (Å²) < 4.78 is 22.3. The van der Waals surface area contributed by atoms with E-state index in [-0.39, 0.29) is 41.4 Å². The Morgan fingerprint density at radius 2 is 1.84 bits per heavy atom. The van der Waals surface area contributed by atoms with Crippen molar-refractivity contribution in [1.29, 1.82) is 0 Å². The quantitative estimate of drug-likeness (QED) is 0.637. The maximum absolute atomic E-state index is 13.6. The standard InChI is InChI=1S/C23H24O8/c1-11(2)5-6-12-14(24)8-15(25)20-21(12)31-19-10-30-16-9-18(29-4)17(28-3)7-13(16)23(19,27)22(20)26/h5,7-9,19,24-25,27H,6,10H2,1-4H3/t19-,23+/m0/s1. The number of phenols is 2. The van der Waals surface area contributed by atoms with Gasteiger partial charge in [-0.3, -0.25) is 4.79 Å². The van der Waals surface area contributed by atoms with Crippen LogP contribution in [0.4, 0.5) is 0 Å². The molecule has 3 N–H and O–H groups in total. The van der Waals surface area contributed by atoms with Gasteiger partial charge >= 0.3 is 0 Å². The summed E-state index contributed by atoms with van der Waals surface area (Å²) in [5.74, 6) is -0.441. The number of hydrogen-bond acceptors (Lipinski definition) is 8. The number of carbonyl (C=O) groups is 1. The van der Waals surface area contributed by atoms with Gasteiger partial charge in [-0.05, 0) is 26.3 Å². The van der Waals surface area contributed by atoms with Crippen molar-refractivity contribution >= 4 is 5.78 Å². The SMILES string of the molecule is COc1cc2c(cc1OC)[C@]1(O)C(=O)c3c(O)cc(O)c(CC=C(C)C)c3O[C@H]1CO2. The van der Waals surface area contributed by atoms with E-state index < -0.39 is 23.2 Å². The van der Waals surface area contributed by atoms with Crippen LogP contribution in [0.3, 0.4) is 0 Å². The van der Waals surface area contributed by atoms with Gasteiger partial charge in [-0.1, -0.05) is 11.6 Å². The number of aromatic hydroxyl groups is 2. The molecule has 2 aromatic rings. The molecule has 0 unspecified atom stereocenters. The van der Waals surface area contributed by atoms with Crippen molar-refractivity contribution in [2.45, 2.75) is 32.0 Å². The number of fused-ring (bicyclic) bond motifs is 4. The minimum atomic E-state index is -2.12. The summed E-state index contributed by atoms with van der Waals surface area (Å²) >= 11 is 0. The van der Waals surface area contributed by atoms with Crippen molar-refractivity contribution < 1.29 is 39.1 Å². The Morgan fingerprint density at radius 3 is 2.48 bits per heavy atom. The van der Waals surface area contributed by atoms with Crippen LogP contribution in [0.2, 0.25) is 0 Å². The van der Waals surface area contributed by atoms with Crippen LogP contribution in [-0.2, 0) is 12.0 Å². The van der Waals surface area contributed by atoms with Gasteiger partial charge in [0.25, 0.3) is 0 Å². The van der Waals surface area contributed by atoms with E-state index in [2.05, 4.69) is 0 Å². The van der Waals surface area contributed by atoms with Crippen LogP contribution in [0.5, 0.6) is 34.5 Å². The minimum Gasteiger partial charge on any atom is -0.507 e. The number of ether oxygens (including phenoxy) is 4. The fourth-order valence-corrected chi connectivity index (χ4v) is 3.98. The van der Waals surface area contributed by atoms with Gasteiger partial charge in [0.05, 0.1) is 14.2 Å². The number of rotatable bonds is 4. The molecule has 31 heavy (non-hydrogen) atoms. The molecule has 164 valence electrons.